The highest BCUT2D eigenvalue weighted by molar-refractivity contribution is 6.07. The zero-order chi connectivity index (χ0) is 15.6. The van der Waals surface area contributed by atoms with E-state index < -0.39 is 5.54 Å². The first-order valence-corrected chi connectivity index (χ1v) is 7.23. The summed E-state index contributed by atoms with van der Waals surface area (Å²) in [6, 6.07) is 6.96. The number of nitrogens with zero attached hydrogens (tertiary/aromatic N) is 1. The Hall–Kier alpha value is -2.04. The number of rotatable bonds is 5. The van der Waals surface area contributed by atoms with Crippen LogP contribution in [0.2, 0.25) is 0 Å². The maximum absolute atomic E-state index is 12.8. The predicted octanol–water partition coefficient (Wildman–Crippen LogP) is 2.51. The van der Waals surface area contributed by atoms with Crippen LogP contribution in [0.1, 0.15) is 32.8 Å². The van der Waals surface area contributed by atoms with Crippen LogP contribution in [0.15, 0.2) is 24.3 Å². The van der Waals surface area contributed by atoms with Crippen molar-refractivity contribution >= 4 is 11.9 Å². The topological polar surface area (TPSA) is 58.6 Å². The van der Waals surface area contributed by atoms with Crippen LogP contribution in [0.3, 0.4) is 0 Å². The lowest BCUT2D eigenvalue weighted by atomic mass is 9.87. The number of hydrogen-bond donors (Lipinski definition) is 1. The van der Waals surface area contributed by atoms with E-state index in [1.807, 2.05) is 32.9 Å². The summed E-state index contributed by atoms with van der Waals surface area (Å²) in [5, 5.41) is 2.87. The van der Waals surface area contributed by atoms with Crippen LogP contribution in [0.4, 0.5) is 4.79 Å². The quantitative estimate of drug-likeness (QED) is 0.848. The number of nitrogens with one attached hydrogen (secondary N) is 1. The Balaban J connectivity index is 2.37. The van der Waals surface area contributed by atoms with Crippen LogP contribution in [-0.4, -0.2) is 30.5 Å². The molecule has 1 aliphatic heterocycles. The molecule has 1 aromatic rings. The molecule has 1 aliphatic rings. The second-order valence-electron chi connectivity index (χ2n) is 5.73. The van der Waals surface area contributed by atoms with Crippen LogP contribution in [0.25, 0.3) is 0 Å². The molecule has 0 radical (unpaired) electrons. The van der Waals surface area contributed by atoms with Gasteiger partial charge in [-0.1, -0.05) is 32.9 Å². The molecular weight excluding hydrogens is 268 g/mol. The second kappa shape index (κ2) is 5.76. The number of hydrogen-bond acceptors (Lipinski definition) is 3. The number of carbonyl (C=O) groups is 2. The van der Waals surface area contributed by atoms with Gasteiger partial charge in [0.2, 0.25) is 0 Å². The van der Waals surface area contributed by atoms with E-state index in [1.165, 1.54) is 4.90 Å². The number of urea groups is 1. The first-order chi connectivity index (χ1) is 9.94. The van der Waals surface area contributed by atoms with Gasteiger partial charge in [-0.15, -0.1) is 0 Å². The van der Waals surface area contributed by atoms with Gasteiger partial charge in [-0.3, -0.25) is 9.69 Å². The first-order valence-electron chi connectivity index (χ1n) is 7.23. The number of amides is 3. The average molecular weight is 290 g/mol. The van der Waals surface area contributed by atoms with Gasteiger partial charge in [0.05, 0.1) is 7.11 Å². The second-order valence-corrected chi connectivity index (χ2v) is 5.73. The van der Waals surface area contributed by atoms with Crippen molar-refractivity contribution < 1.29 is 14.3 Å². The van der Waals surface area contributed by atoms with Gasteiger partial charge < -0.3 is 10.1 Å². The van der Waals surface area contributed by atoms with Crippen molar-refractivity contribution in [1.82, 2.24) is 10.2 Å². The number of imide groups is 1. The fraction of sp³-hybridized carbons (Fsp3) is 0.500. The fourth-order valence-electron chi connectivity index (χ4n) is 2.67. The SMILES string of the molecule is CC[C@]1(c2ccc(OC)cc2)NC(=O)N(CC(C)C)C1=O. The Morgan fingerprint density at radius 3 is 2.33 bits per heavy atom. The minimum absolute atomic E-state index is 0.172. The molecular formula is C16H22N2O3. The first kappa shape index (κ1) is 15.4. The number of methoxy groups -OCH3 is 1. The van der Waals surface area contributed by atoms with Crippen molar-refractivity contribution in [2.24, 2.45) is 5.92 Å². The average Bonchev–Trinajstić information content (AvgIpc) is 2.72. The smallest absolute Gasteiger partial charge is 0.325 e. The number of carbonyl (C=O) groups excluding carboxylic acids is 2. The van der Waals surface area contributed by atoms with Crippen molar-refractivity contribution in [2.75, 3.05) is 13.7 Å². The van der Waals surface area contributed by atoms with Crippen molar-refractivity contribution in [3.05, 3.63) is 29.8 Å². The molecule has 114 valence electrons. The van der Waals surface area contributed by atoms with Crippen molar-refractivity contribution in [3.63, 3.8) is 0 Å². The van der Waals surface area contributed by atoms with Gasteiger partial charge in [-0.05, 0) is 30.0 Å². The van der Waals surface area contributed by atoms with Gasteiger partial charge in [0.1, 0.15) is 11.3 Å². The molecule has 1 atom stereocenters. The van der Waals surface area contributed by atoms with Gasteiger partial charge in [-0.25, -0.2) is 4.79 Å². The standard InChI is InChI=1S/C16H22N2O3/c1-5-16(12-6-8-13(21-4)9-7-12)14(19)18(10-11(2)3)15(20)17-16/h6-9,11H,5,10H2,1-4H3,(H,17,20)/t16-/m1/s1. The zero-order valence-corrected chi connectivity index (χ0v) is 13.0. The molecule has 1 fully saturated rings. The van der Waals surface area contributed by atoms with Crippen molar-refractivity contribution in [3.8, 4) is 5.75 Å². The lowest BCUT2D eigenvalue weighted by Crippen LogP contribution is -2.43. The van der Waals surface area contributed by atoms with Gasteiger partial charge in [0.25, 0.3) is 5.91 Å². The summed E-state index contributed by atoms with van der Waals surface area (Å²) < 4.78 is 5.14. The molecule has 0 aliphatic carbocycles. The highest BCUT2D eigenvalue weighted by Crippen LogP contribution is 2.33. The molecule has 3 amide bonds. The molecule has 5 nitrogen and oxygen atoms in total. The van der Waals surface area contributed by atoms with E-state index >= 15 is 0 Å². The molecule has 0 aromatic heterocycles. The molecule has 5 heteroatoms. The molecule has 21 heavy (non-hydrogen) atoms. The predicted molar refractivity (Wildman–Crippen MR) is 80.0 cm³/mol. The Morgan fingerprint density at radius 1 is 1.24 bits per heavy atom. The Labute approximate surface area is 125 Å². The summed E-state index contributed by atoms with van der Waals surface area (Å²) in [6.45, 7) is 6.31. The third-order valence-corrected chi connectivity index (χ3v) is 3.84. The van der Waals surface area contributed by atoms with E-state index in [-0.39, 0.29) is 17.9 Å². The largest absolute Gasteiger partial charge is 0.497 e. The van der Waals surface area contributed by atoms with Crippen LogP contribution >= 0.6 is 0 Å². The lowest BCUT2D eigenvalue weighted by molar-refractivity contribution is -0.132. The summed E-state index contributed by atoms with van der Waals surface area (Å²) in [7, 11) is 1.59. The molecule has 0 bridgehead atoms. The third-order valence-electron chi connectivity index (χ3n) is 3.84. The molecule has 0 saturated carbocycles. The normalized spacial score (nSPS) is 21.9. The van der Waals surface area contributed by atoms with Crippen LogP contribution < -0.4 is 10.1 Å². The summed E-state index contributed by atoms with van der Waals surface area (Å²) >= 11 is 0. The van der Waals surface area contributed by atoms with E-state index in [2.05, 4.69) is 5.32 Å². The zero-order valence-electron chi connectivity index (χ0n) is 13.0. The molecule has 1 N–H and O–H groups in total. The van der Waals surface area contributed by atoms with Crippen LogP contribution in [-0.2, 0) is 10.3 Å². The third kappa shape index (κ3) is 2.60. The van der Waals surface area contributed by atoms with E-state index in [1.54, 1.807) is 19.2 Å². The summed E-state index contributed by atoms with van der Waals surface area (Å²) in [6.07, 6.45) is 0.512. The van der Waals surface area contributed by atoms with Gasteiger partial charge in [-0.2, -0.15) is 0 Å². The highest BCUT2D eigenvalue weighted by atomic mass is 16.5. The summed E-state index contributed by atoms with van der Waals surface area (Å²) in [5.74, 6) is 0.790. The van der Waals surface area contributed by atoms with E-state index in [0.29, 0.717) is 13.0 Å². The van der Waals surface area contributed by atoms with E-state index in [9.17, 15) is 9.59 Å². The molecule has 2 rings (SSSR count). The van der Waals surface area contributed by atoms with Gasteiger partial charge in [0.15, 0.2) is 0 Å². The lowest BCUT2D eigenvalue weighted by Gasteiger charge is -2.26. The van der Waals surface area contributed by atoms with E-state index in [0.717, 1.165) is 11.3 Å². The molecule has 1 aromatic carbocycles. The maximum atomic E-state index is 12.8. The minimum Gasteiger partial charge on any atom is -0.497 e. The number of ether oxygens (including phenoxy) is 1. The van der Waals surface area contributed by atoms with E-state index in [4.69, 9.17) is 4.74 Å². The van der Waals surface area contributed by atoms with Gasteiger partial charge in [0, 0.05) is 6.54 Å². The summed E-state index contributed by atoms with van der Waals surface area (Å²) in [5.41, 5.74) is -0.173. The summed E-state index contributed by atoms with van der Waals surface area (Å²) in [4.78, 5) is 26.2. The minimum atomic E-state index is -0.960. The Morgan fingerprint density at radius 2 is 1.86 bits per heavy atom. The Kier molecular flexibility index (Phi) is 4.21. The monoisotopic (exact) mass is 290 g/mol. The highest BCUT2D eigenvalue weighted by Gasteiger charge is 2.51. The molecule has 0 spiro atoms. The Bertz CT molecular complexity index is 539. The fourth-order valence-corrected chi connectivity index (χ4v) is 2.67. The molecule has 1 saturated heterocycles. The van der Waals surface area contributed by atoms with Gasteiger partial charge >= 0.3 is 6.03 Å². The molecule has 0 unspecified atom stereocenters. The number of benzene rings is 1. The van der Waals surface area contributed by atoms with Crippen LogP contribution in [0, 0.1) is 5.92 Å². The van der Waals surface area contributed by atoms with Crippen LogP contribution in [0.5, 0.6) is 5.75 Å². The molecule has 1 heterocycles. The maximum Gasteiger partial charge on any atom is 0.325 e. The van der Waals surface area contributed by atoms with Crippen molar-refractivity contribution in [2.45, 2.75) is 32.7 Å². The van der Waals surface area contributed by atoms with Crippen molar-refractivity contribution in [1.29, 1.82) is 0 Å².